The van der Waals surface area contributed by atoms with Gasteiger partial charge in [0.2, 0.25) is 0 Å². The van der Waals surface area contributed by atoms with Gasteiger partial charge in [-0.2, -0.15) is 0 Å². The lowest BCUT2D eigenvalue weighted by atomic mass is 9.97. The minimum absolute atomic E-state index is 0.0222. The van der Waals surface area contributed by atoms with Gasteiger partial charge in [-0.15, -0.1) is 0 Å². The molecule has 6 heteroatoms. The van der Waals surface area contributed by atoms with E-state index in [1.807, 2.05) is 13.8 Å². The third-order valence-electron chi connectivity index (χ3n) is 3.56. The van der Waals surface area contributed by atoms with Crippen molar-refractivity contribution in [3.05, 3.63) is 0 Å². The third-order valence-corrected chi connectivity index (χ3v) is 3.56. The van der Waals surface area contributed by atoms with Crippen molar-refractivity contribution in [2.24, 2.45) is 5.92 Å². The first-order chi connectivity index (χ1) is 9.42. The van der Waals surface area contributed by atoms with E-state index in [-0.39, 0.29) is 18.5 Å². The Kier molecular flexibility index (Phi) is 9.80. The molecule has 0 rings (SSSR count). The number of amides is 2. The van der Waals surface area contributed by atoms with E-state index in [4.69, 9.17) is 9.84 Å². The normalized spacial score (nSPS) is 13.6. The maximum atomic E-state index is 11.9. The number of aliphatic carboxylic acids is 1. The molecule has 20 heavy (non-hydrogen) atoms. The number of hydrogen-bond acceptors (Lipinski definition) is 3. The van der Waals surface area contributed by atoms with Crippen LogP contribution >= 0.6 is 0 Å². The molecule has 0 radical (unpaired) electrons. The molecule has 6 nitrogen and oxygen atoms in total. The molecule has 0 saturated carbocycles. The van der Waals surface area contributed by atoms with Crippen LogP contribution in [-0.4, -0.2) is 55.4 Å². The summed E-state index contributed by atoms with van der Waals surface area (Å²) in [6, 6.07) is -0.100. The molecular formula is C14H28N2O4. The minimum Gasteiger partial charge on any atom is -0.481 e. The van der Waals surface area contributed by atoms with Crippen LogP contribution in [-0.2, 0) is 9.53 Å². The van der Waals surface area contributed by atoms with Crippen molar-refractivity contribution in [3.63, 3.8) is 0 Å². The lowest BCUT2D eigenvalue weighted by Gasteiger charge is -2.25. The molecule has 2 unspecified atom stereocenters. The van der Waals surface area contributed by atoms with Gasteiger partial charge in [0.15, 0.2) is 0 Å². The lowest BCUT2D eigenvalue weighted by Crippen LogP contribution is -2.44. The number of urea groups is 1. The highest BCUT2D eigenvalue weighted by atomic mass is 16.5. The summed E-state index contributed by atoms with van der Waals surface area (Å²) in [5.41, 5.74) is 0. The lowest BCUT2D eigenvalue weighted by molar-refractivity contribution is -0.137. The van der Waals surface area contributed by atoms with E-state index in [0.29, 0.717) is 25.5 Å². The van der Waals surface area contributed by atoms with Crippen molar-refractivity contribution in [3.8, 4) is 0 Å². The van der Waals surface area contributed by atoms with Crippen LogP contribution in [0.3, 0.4) is 0 Å². The number of rotatable bonds is 10. The molecule has 0 saturated heterocycles. The highest BCUT2D eigenvalue weighted by molar-refractivity contribution is 5.74. The second-order valence-electron chi connectivity index (χ2n) is 5.14. The number of carboxylic acid groups (broad SMARTS) is 1. The first-order valence-corrected chi connectivity index (χ1v) is 7.13. The van der Waals surface area contributed by atoms with Gasteiger partial charge in [-0.3, -0.25) is 4.79 Å². The van der Waals surface area contributed by atoms with Crippen LogP contribution in [0.15, 0.2) is 0 Å². The number of nitrogens with zero attached hydrogens (tertiary/aromatic N) is 1. The van der Waals surface area contributed by atoms with E-state index in [1.165, 1.54) is 0 Å². The van der Waals surface area contributed by atoms with Crippen LogP contribution in [0.2, 0.25) is 0 Å². The van der Waals surface area contributed by atoms with Crippen LogP contribution in [0.4, 0.5) is 4.79 Å². The zero-order valence-corrected chi connectivity index (χ0v) is 13.0. The molecule has 0 aromatic heterocycles. The molecule has 2 N–H and O–H groups in total. The second kappa shape index (κ2) is 10.5. The Morgan fingerprint density at radius 3 is 2.50 bits per heavy atom. The highest BCUT2D eigenvalue weighted by Gasteiger charge is 2.15. The van der Waals surface area contributed by atoms with Crippen LogP contribution in [0.1, 0.15) is 39.5 Å². The molecule has 0 fully saturated rings. The maximum Gasteiger partial charge on any atom is 0.317 e. The maximum absolute atomic E-state index is 11.9. The highest BCUT2D eigenvalue weighted by Crippen LogP contribution is 2.14. The molecule has 0 heterocycles. The predicted molar refractivity (Wildman–Crippen MR) is 77.8 cm³/mol. The number of nitrogens with one attached hydrogen (secondary N) is 1. The Balaban J connectivity index is 3.96. The van der Waals surface area contributed by atoms with Crippen LogP contribution in [0.5, 0.6) is 0 Å². The molecule has 2 atom stereocenters. The largest absolute Gasteiger partial charge is 0.481 e. The predicted octanol–water partition coefficient (Wildman–Crippen LogP) is 1.94. The summed E-state index contributed by atoms with van der Waals surface area (Å²) >= 11 is 0. The van der Waals surface area contributed by atoms with Crippen molar-refractivity contribution in [1.29, 1.82) is 0 Å². The van der Waals surface area contributed by atoms with E-state index in [0.717, 1.165) is 12.8 Å². The van der Waals surface area contributed by atoms with Gasteiger partial charge in [0.1, 0.15) is 0 Å². The molecule has 0 aliphatic heterocycles. The zero-order valence-electron chi connectivity index (χ0n) is 13.0. The van der Waals surface area contributed by atoms with Gasteiger partial charge in [-0.1, -0.05) is 13.3 Å². The average Bonchev–Trinajstić information content (AvgIpc) is 2.41. The molecule has 0 spiro atoms. The molecule has 0 aromatic carbocycles. The second-order valence-corrected chi connectivity index (χ2v) is 5.14. The van der Waals surface area contributed by atoms with Crippen molar-refractivity contribution in [2.75, 3.05) is 27.3 Å². The van der Waals surface area contributed by atoms with Gasteiger partial charge >= 0.3 is 12.0 Å². The van der Waals surface area contributed by atoms with Gasteiger partial charge in [-0.05, 0) is 25.7 Å². The first kappa shape index (κ1) is 18.7. The Bertz CT molecular complexity index is 297. The van der Waals surface area contributed by atoms with Gasteiger partial charge in [0.25, 0.3) is 0 Å². The summed E-state index contributed by atoms with van der Waals surface area (Å²) in [6.45, 7) is 5.03. The van der Waals surface area contributed by atoms with E-state index in [2.05, 4.69) is 5.32 Å². The number of hydrogen-bond donors (Lipinski definition) is 2. The molecular weight excluding hydrogens is 260 g/mol. The van der Waals surface area contributed by atoms with E-state index in [9.17, 15) is 9.59 Å². The van der Waals surface area contributed by atoms with Crippen molar-refractivity contribution in [2.45, 2.75) is 45.6 Å². The van der Waals surface area contributed by atoms with Crippen LogP contribution in [0, 0.1) is 5.92 Å². The topological polar surface area (TPSA) is 78.9 Å². The zero-order chi connectivity index (χ0) is 15.5. The van der Waals surface area contributed by atoms with E-state index >= 15 is 0 Å². The third kappa shape index (κ3) is 7.99. The van der Waals surface area contributed by atoms with Crippen LogP contribution in [0.25, 0.3) is 0 Å². The standard InChI is InChI=1S/C14H28N2O4/c1-5-12(6-7-13(17)18)8-9-15-14(19)16(3)11(2)10-20-4/h11-12H,5-10H2,1-4H3,(H,15,19)(H,17,18). The number of ether oxygens (including phenoxy) is 1. The number of carbonyl (C=O) groups is 2. The number of likely N-dealkylation sites (N-methyl/N-ethyl adjacent to an activating group) is 1. The molecule has 0 aromatic rings. The fourth-order valence-corrected chi connectivity index (χ4v) is 1.94. The van der Waals surface area contributed by atoms with Gasteiger partial charge in [0, 0.05) is 27.1 Å². The summed E-state index contributed by atoms with van der Waals surface area (Å²) in [4.78, 5) is 24.0. The first-order valence-electron chi connectivity index (χ1n) is 7.13. The number of carboxylic acids is 1. The van der Waals surface area contributed by atoms with E-state index in [1.54, 1.807) is 19.1 Å². The molecule has 0 bridgehead atoms. The van der Waals surface area contributed by atoms with Crippen molar-refractivity contribution >= 4 is 12.0 Å². The van der Waals surface area contributed by atoms with E-state index < -0.39 is 5.97 Å². The summed E-state index contributed by atoms with van der Waals surface area (Å²) in [7, 11) is 3.34. The molecule has 0 aliphatic carbocycles. The average molecular weight is 288 g/mol. The summed E-state index contributed by atoms with van der Waals surface area (Å²) < 4.78 is 5.01. The summed E-state index contributed by atoms with van der Waals surface area (Å²) in [5.74, 6) is -0.422. The van der Waals surface area contributed by atoms with Gasteiger partial charge in [0.05, 0.1) is 12.6 Å². The Hall–Kier alpha value is -1.30. The Morgan fingerprint density at radius 2 is 2.00 bits per heavy atom. The molecule has 0 aliphatic rings. The van der Waals surface area contributed by atoms with Gasteiger partial charge in [-0.25, -0.2) is 4.79 Å². The minimum atomic E-state index is -0.763. The van der Waals surface area contributed by atoms with Gasteiger partial charge < -0.3 is 20.1 Å². The quantitative estimate of drug-likeness (QED) is 0.644. The SMILES string of the molecule is CCC(CCNC(=O)N(C)C(C)COC)CCC(=O)O. The molecule has 2 amide bonds. The smallest absolute Gasteiger partial charge is 0.317 e. The van der Waals surface area contributed by atoms with Crippen LogP contribution < -0.4 is 5.32 Å². The number of carbonyl (C=O) groups excluding carboxylic acids is 1. The fourth-order valence-electron chi connectivity index (χ4n) is 1.94. The Labute approximate surface area is 121 Å². The monoisotopic (exact) mass is 288 g/mol. The summed E-state index contributed by atoms with van der Waals surface area (Å²) in [6.07, 6.45) is 2.59. The van der Waals surface area contributed by atoms with Crippen molar-refractivity contribution in [1.82, 2.24) is 10.2 Å². The summed E-state index contributed by atoms with van der Waals surface area (Å²) in [5, 5.41) is 11.5. The van der Waals surface area contributed by atoms with Crippen molar-refractivity contribution < 1.29 is 19.4 Å². The Morgan fingerprint density at radius 1 is 1.35 bits per heavy atom. The number of methoxy groups -OCH3 is 1. The fraction of sp³-hybridized carbons (Fsp3) is 0.857. The molecule has 118 valence electrons.